The lowest BCUT2D eigenvalue weighted by Gasteiger charge is -2.20. The molecular weight excluding hydrogens is 489 g/mol. The zero-order chi connectivity index (χ0) is 27.4. The van der Waals surface area contributed by atoms with Gasteiger partial charge in [0.15, 0.2) is 6.17 Å². The van der Waals surface area contributed by atoms with E-state index in [0.717, 1.165) is 10.8 Å². The van der Waals surface area contributed by atoms with E-state index in [2.05, 4.69) is 0 Å². The summed E-state index contributed by atoms with van der Waals surface area (Å²) in [5, 5.41) is 37.1. The number of rotatable bonds is 6. The summed E-state index contributed by atoms with van der Waals surface area (Å²) in [7, 11) is 0. The molecule has 0 aliphatic carbocycles. The van der Waals surface area contributed by atoms with Crippen molar-refractivity contribution < 1.29 is 43.2 Å². The monoisotopic (exact) mass is 514 g/mol. The van der Waals surface area contributed by atoms with Crippen molar-refractivity contribution in [2.45, 2.75) is 24.8 Å². The van der Waals surface area contributed by atoms with Crippen LogP contribution in [0.3, 0.4) is 0 Å². The highest BCUT2D eigenvalue weighted by atomic mass is 19.3. The van der Waals surface area contributed by atoms with Crippen LogP contribution in [0.4, 0.5) is 13.2 Å². The number of carboxylic acid groups (broad SMARTS) is 2. The van der Waals surface area contributed by atoms with Crippen LogP contribution in [-0.4, -0.2) is 51.1 Å². The van der Waals surface area contributed by atoms with Crippen LogP contribution in [0.1, 0.15) is 32.4 Å². The minimum absolute atomic E-state index is 0.158. The van der Waals surface area contributed by atoms with Crippen molar-refractivity contribution in [2.24, 2.45) is 0 Å². The van der Waals surface area contributed by atoms with Crippen LogP contribution < -0.4 is 0 Å². The molecule has 0 radical (unpaired) electrons. The predicted octanol–water partition coefficient (Wildman–Crippen LogP) is 5.61. The number of benzene rings is 4. The molecule has 37 heavy (non-hydrogen) atoms. The van der Waals surface area contributed by atoms with E-state index in [9.17, 15) is 27.9 Å². The molecule has 4 N–H and O–H groups in total. The third kappa shape index (κ3) is 9.06. The van der Waals surface area contributed by atoms with Crippen LogP contribution >= 0.6 is 0 Å². The number of hydrogen-bond donors (Lipinski definition) is 4. The van der Waals surface area contributed by atoms with Gasteiger partial charge in [0.1, 0.15) is 12.2 Å². The van der Waals surface area contributed by atoms with Gasteiger partial charge in [0.25, 0.3) is 6.43 Å². The highest BCUT2D eigenvalue weighted by Crippen LogP contribution is 2.27. The maximum atomic E-state index is 13.5. The number of aromatic carboxylic acids is 2. The number of carbonyl (C=O) groups is 2. The second kappa shape index (κ2) is 14.4. The third-order valence-electron chi connectivity index (χ3n) is 5.04. The quantitative estimate of drug-likeness (QED) is 0.266. The van der Waals surface area contributed by atoms with Gasteiger partial charge in [-0.3, -0.25) is 0 Å². The SMILES string of the molecule is O=C(O)c1ccccc1.O=C(O)c1ccccc1.OC(c1ccc2ccccc2c1)C(F)C(O)C(F)F. The number of alkyl halides is 3. The number of fused-ring (bicyclic) bond motifs is 1. The number of aliphatic hydroxyl groups is 2. The van der Waals surface area contributed by atoms with Crippen LogP contribution in [0.2, 0.25) is 0 Å². The first-order valence-corrected chi connectivity index (χ1v) is 11.0. The molecule has 3 atom stereocenters. The Kier molecular flexibility index (Phi) is 11.3. The average Bonchev–Trinajstić information content (AvgIpc) is 2.93. The normalized spacial score (nSPS) is 12.8. The lowest BCUT2D eigenvalue weighted by molar-refractivity contribution is -0.0857. The summed E-state index contributed by atoms with van der Waals surface area (Å²) >= 11 is 0. The van der Waals surface area contributed by atoms with Gasteiger partial charge >= 0.3 is 11.9 Å². The summed E-state index contributed by atoms with van der Waals surface area (Å²) in [5.41, 5.74) is 0.820. The molecule has 9 heteroatoms. The fourth-order valence-electron chi connectivity index (χ4n) is 3.06. The Bertz CT molecular complexity index is 1220. The summed E-state index contributed by atoms with van der Waals surface area (Å²) in [6.45, 7) is 0. The van der Waals surface area contributed by atoms with E-state index in [1.807, 2.05) is 12.1 Å². The topological polar surface area (TPSA) is 115 Å². The molecule has 0 saturated carbocycles. The molecule has 4 aromatic carbocycles. The van der Waals surface area contributed by atoms with E-state index in [-0.39, 0.29) is 5.56 Å². The zero-order valence-electron chi connectivity index (χ0n) is 19.4. The summed E-state index contributed by atoms with van der Waals surface area (Å²) in [5.74, 6) is -1.76. The summed E-state index contributed by atoms with van der Waals surface area (Å²) in [6.07, 6.45) is -9.94. The first-order valence-electron chi connectivity index (χ1n) is 11.0. The number of aliphatic hydroxyl groups excluding tert-OH is 2. The Labute approximate surface area is 210 Å². The molecule has 4 aromatic rings. The average molecular weight is 514 g/mol. The van der Waals surface area contributed by atoms with Gasteiger partial charge in [-0.2, -0.15) is 0 Å². The highest BCUT2D eigenvalue weighted by molar-refractivity contribution is 5.87. The molecule has 0 heterocycles. The predicted molar refractivity (Wildman–Crippen MR) is 133 cm³/mol. The van der Waals surface area contributed by atoms with E-state index >= 15 is 0 Å². The number of halogens is 3. The van der Waals surface area contributed by atoms with Gasteiger partial charge < -0.3 is 20.4 Å². The molecule has 0 bridgehead atoms. The molecule has 0 amide bonds. The molecule has 0 spiro atoms. The van der Waals surface area contributed by atoms with Crippen molar-refractivity contribution in [3.63, 3.8) is 0 Å². The number of hydrogen-bond acceptors (Lipinski definition) is 4. The molecule has 3 unspecified atom stereocenters. The van der Waals surface area contributed by atoms with E-state index < -0.39 is 36.7 Å². The third-order valence-corrected chi connectivity index (χ3v) is 5.04. The molecule has 0 aliphatic rings. The maximum Gasteiger partial charge on any atom is 0.335 e. The fraction of sp³-hybridized carbons (Fsp3) is 0.143. The van der Waals surface area contributed by atoms with E-state index in [1.54, 1.807) is 78.9 Å². The summed E-state index contributed by atoms with van der Waals surface area (Å²) < 4.78 is 38.0. The Morgan fingerprint density at radius 2 is 1.03 bits per heavy atom. The first-order chi connectivity index (χ1) is 17.6. The minimum Gasteiger partial charge on any atom is -0.478 e. The molecule has 6 nitrogen and oxygen atoms in total. The van der Waals surface area contributed by atoms with Crippen LogP contribution in [-0.2, 0) is 0 Å². The van der Waals surface area contributed by atoms with Gasteiger partial charge in [-0.1, -0.05) is 72.8 Å². The van der Waals surface area contributed by atoms with Gasteiger partial charge in [0, 0.05) is 0 Å². The van der Waals surface area contributed by atoms with Crippen LogP contribution in [0.25, 0.3) is 10.8 Å². The summed E-state index contributed by atoms with van der Waals surface area (Å²) in [6, 6.07) is 28.4. The Balaban J connectivity index is 0.000000222. The molecule has 0 aromatic heterocycles. The smallest absolute Gasteiger partial charge is 0.335 e. The van der Waals surface area contributed by atoms with Crippen molar-refractivity contribution in [2.75, 3.05) is 0 Å². The maximum absolute atomic E-state index is 13.5. The van der Waals surface area contributed by atoms with Gasteiger partial charge in [0.2, 0.25) is 0 Å². The highest BCUT2D eigenvalue weighted by Gasteiger charge is 2.34. The van der Waals surface area contributed by atoms with Crippen LogP contribution in [0.5, 0.6) is 0 Å². The van der Waals surface area contributed by atoms with E-state index in [1.165, 1.54) is 12.1 Å². The fourth-order valence-corrected chi connectivity index (χ4v) is 3.06. The minimum atomic E-state index is -3.23. The van der Waals surface area contributed by atoms with Gasteiger partial charge in [0.05, 0.1) is 11.1 Å². The molecule has 0 fully saturated rings. The van der Waals surface area contributed by atoms with Crippen LogP contribution in [0.15, 0.2) is 103 Å². The first kappa shape index (κ1) is 29.0. The van der Waals surface area contributed by atoms with Crippen molar-refractivity contribution in [3.8, 4) is 0 Å². The number of carboxylic acids is 2. The van der Waals surface area contributed by atoms with Crippen molar-refractivity contribution >= 4 is 22.7 Å². The summed E-state index contributed by atoms with van der Waals surface area (Å²) in [4.78, 5) is 20.4. The Morgan fingerprint density at radius 3 is 1.43 bits per heavy atom. The van der Waals surface area contributed by atoms with Crippen molar-refractivity contribution in [1.29, 1.82) is 0 Å². The second-order valence-corrected chi connectivity index (χ2v) is 7.66. The van der Waals surface area contributed by atoms with Crippen LogP contribution in [0, 0.1) is 0 Å². The largest absolute Gasteiger partial charge is 0.478 e. The lowest BCUT2D eigenvalue weighted by Crippen LogP contribution is -2.34. The van der Waals surface area contributed by atoms with Gasteiger partial charge in [-0.15, -0.1) is 0 Å². The Morgan fingerprint density at radius 1 is 0.595 bits per heavy atom. The molecule has 0 aliphatic heterocycles. The Hall–Kier alpha value is -4.21. The molecule has 194 valence electrons. The van der Waals surface area contributed by atoms with E-state index in [4.69, 9.17) is 15.3 Å². The zero-order valence-corrected chi connectivity index (χ0v) is 19.4. The van der Waals surface area contributed by atoms with Crippen molar-refractivity contribution in [3.05, 3.63) is 120 Å². The molecule has 0 saturated heterocycles. The molecular formula is C28H25F3O6. The standard InChI is InChI=1S/C14H13F3O2.2C7H6O2/c15-11(13(19)14(16)17)12(18)10-6-5-8-3-1-2-4-9(8)7-10;2*8-7(9)6-4-2-1-3-5-6/h1-7,11-14,18-19H;2*1-5H,(H,8,9). The van der Waals surface area contributed by atoms with E-state index in [0.29, 0.717) is 11.1 Å². The second-order valence-electron chi connectivity index (χ2n) is 7.66. The van der Waals surface area contributed by atoms with Gasteiger partial charge in [-0.05, 0) is 46.7 Å². The van der Waals surface area contributed by atoms with Gasteiger partial charge in [-0.25, -0.2) is 22.8 Å². The molecule has 4 rings (SSSR count). The van der Waals surface area contributed by atoms with Crippen molar-refractivity contribution in [1.82, 2.24) is 0 Å². The lowest BCUT2D eigenvalue weighted by atomic mass is 9.98.